The summed E-state index contributed by atoms with van der Waals surface area (Å²) in [6.45, 7) is 3.76. The molecule has 1 aliphatic rings. The summed E-state index contributed by atoms with van der Waals surface area (Å²) in [6, 6.07) is 4.29. The van der Waals surface area contributed by atoms with Crippen molar-refractivity contribution in [3.8, 4) is 0 Å². The molecule has 3 nitrogen and oxygen atoms in total. The summed E-state index contributed by atoms with van der Waals surface area (Å²) in [5.74, 6) is -0.756. The SMILES string of the molecule is CC(C)[C@@H](CO)NC(=O)[C@@H]1C[C@@H]1c1c(F)cccc1Cl. The average molecular weight is 300 g/mol. The first-order valence-corrected chi connectivity index (χ1v) is 7.18. The number of nitrogens with one attached hydrogen (secondary N) is 1. The van der Waals surface area contributed by atoms with Gasteiger partial charge in [0, 0.05) is 22.4 Å². The summed E-state index contributed by atoms with van der Waals surface area (Å²) in [5.41, 5.74) is 0.430. The summed E-state index contributed by atoms with van der Waals surface area (Å²) < 4.78 is 13.8. The molecule has 1 aliphatic carbocycles. The fourth-order valence-corrected chi connectivity index (χ4v) is 2.68. The third-order valence-electron chi connectivity index (χ3n) is 3.83. The van der Waals surface area contributed by atoms with Crippen molar-refractivity contribution >= 4 is 17.5 Å². The van der Waals surface area contributed by atoms with Crippen molar-refractivity contribution in [2.45, 2.75) is 32.2 Å². The molecule has 0 bridgehead atoms. The molecule has 110 valence electrons. The van der Waals surface area contributed by atoms with Gasteiger partial charge in [-0.15, -0.1) is 0 Å². The lowest BCUT2D eigenvalue weighted by Crippen LogP contribution is -2.42. The van der Waals surface area contributed by atoms with E-state index >= 15 is 0 Å². The zero-order valence-corrected chi connectivity index (χ0v) is 12.3. The van der Waals surface area contributed by atoms with Crippen molar-refractivity contribution in [1.29, 1.82) is 0 Å². The monoisotopic (exact) mass is 299 g/mol. The highest BCUT2D eigenvalue weighted by molar-refractivity contribution is 6.31. The van der Waals surface area contributed by atoms with Crippen LogP contribution in [0.25, 0.3) is 0 Å². The molecule has 2 N–H and O–H groups in total. The van der Waals surface area contributed by atoms with E-state index < -0.39 is 0 Å². The van der Waals surface area contributed by atoms with Crippen molar-refractivity contribution in [3.05, 3.63) is 34.6 Å². The van der Waals surface area contributed by atoms with E-state index in [4.69, 9.17) is 11.6 Å². The lowest BCUT2D eigenvalue weighted by molar-refractivity contribution is -0.123. The van der Waals surface area contributed by atoms with Crippen LogP contribution in [0.4, 0.5) is 4.39 Å². The summed E-state index contributed by atoms with van der Waals surface area (Å²) in [4.78, 5) is 12.1. The predicted octanol–water partition coefficient (Wildman–Crippen LogP) is 2.72. The number of carbonyl (C=O) groups is 1. The van der Waals surface area contributed by atoms with E-state index in [0.717, 1.165) is 0 Å². The third-order valence-corrected chi connectivity index (χ3v) is 4.16. The number of hydrogen-bond donors (Lipinski definition) is 2. The molecule has 20 heavy (non-hydrogen) atoms. The Balaban J connectivity index is 2.03. The lowest BCUT2D eigenvalue weighted by atomic mass is 10.0. The van der Waals surface area contributed by atoms with Crippen LogP contribution in [0.1, 0.15) is 31.7 Å². The quantitative estimate of drug-likeness (QED) is 0.878. The van der Waals surface area contributed by atoms with Crippen LogP contribution in [0.15, 0.2) is 18.2 Å². The molecule has 0 heterocycles. The van der Waals surface area contributed by atoms with Gasteiger partial charge in [0.15, 0.2) is 0 Å². The normalized spacial score (nSPS) is 22.7. The van der Waals surface area contributed by atoms with Crippen LogP contribution in [-0.4, -0.2) is 23.7 Å². The minimum atomic E-state index is -0.361. The Hall–Kier alpha value is -1.13. The van der Waals surface area contributed by atoms with Gasteiger partial charge >= 0.3 is 0 Å². The summed E-state index contributed by atoms with van der Waals surface area (Å²) in [5, 5.41) is 12.4. The van der Waals surface area contributed by atoms with E-state index in [-0.39, 0.29) is 42.1 Å². The molecule has 3 atom stereocenters. The highest BCUT2D eigenvalue weighted by atomic mass is 35.5. The second-order valence-corrected chi connectivity index (χ2v) is 6.03. The molecular weight excluding hydrogens is 281 g/mol. The number of benzene rings is 1. The van der Waals surface area contributed by atoms with Crippen LogP contribution in [0.2, 0.25) is 5.02 Å². The number of rotatable bonds is 5. The van der Waals surface area contributed by atoms with Crippen LogP contribution in [0.3, 0.4) is 0 Å². The molecule has 0 spiro atoms. The summed E-state index contributed by atoms with van der Waals surface area (Å²) in [7, 11) is 0. The maximum absolute atomic E-state index is 13.8. The van der Waals surface area contributed by atoms with Gasteiger partial charge in [-0.25, -0.2) is 4.39 Å². The fourth-order valence-electron chi connectivity index (χ4n) is 2.38. The van der Waals surface area contributed by atoms with Crippen molar-refractivity contribution < 1.29 is 14.3 Å². The second kappa shape index (κ2) is 6.10. The first-order chi connectivity index (χ1) is 9.45. The Kier molecular flexibility index (Phi) is 4.66. The van der Waals surface area contributed by atoms with Crippen molar-refractivity contribution in [1.82, 2.24) is 5.32 Å². The summed E-state index contributed by atoms with van der Waals surface area (Å²) >= 11 is 6.01. The van der Waals surface area contributed by atoms with E-state index in [0.29, 0.717) is 17.0 Å². The van der Waals surface area contributed by atoms with Crippen LogP contribution < -0.4 is 5.32 Å². The Labute approximate surface area is 123 Å². The third kappa shape index (κ3) is 3.13. The molecule has 0 aliphatic heterocycles. The Bertz CT molecular complexity index is 486. The maximum atomic E-state index is 13.8. The minimum absolute atomic E-state index is 0.0960. The average Bonchev–Trinajstić information content (AvgIpc) is 3.15. The standard InChI is InChI=1S/C15H19ClFNO2/c1-8(2)13(7-19)18-15(20)10-6-9(10)14-11(16)4-3-5-12(14)17/h3-5,8-10,13,19H,6-7H2,1-2H3,(H,18,20)/t9-,10+,13+/m0/s1. The van der Waals surface area contributed by atoms with Gasteiger partial charge in [-0.1, -0.05) is 31.5 Å². The molecule has 1 aromatic rings. The van der Waals surface area contributed by atoms with Gasteiger partial charge in [0.05, 0.1) is 12.6 Å². The van der Waals surface area contributed by atoms with Crippen molar-refractivity contribution in [3.63, 3.8) is 0 Å². The first kappa shape index (κ1) is 15.3. The van der Waals surface area contributed by atoms with Gasteiger partial charge in [0.25, 0.3) is 0 Å². The number of hydrogen-bond acceptors (Lipinski definition) is 2. The largest absolute Gasteiger partial charge is 0.394 e. The van der Waals surface area contributed by atoms with Gasteiger partial charge in [-0.3, -0.25) is 4.79 Å². The molecule has 1 amide bonds. The van der Waals surface area contributed by atoms with Crippen LogP contribution >= 0.6 is 11.6 Å². The number of amides is 1. The molecule has 2 rings (SSSR count). The minimum Gasteiger partial charge on any atom is -0.394 e. The van der Waals surface area contributed by atoms with E-state index in [1.54, 1.807) is 12.1 Å². The second-order valence-electron chi connectivity index (χ2n) is 5.63. The van der Waals surface area contributed by atoms with Gasteiger partial charge in [-0.05, 0) is 24.5 Å². The van der Waals surface area contributed by atoms with E-state index in [9.17, 15) is 14.3 Å². The fraction of sp³-hybridized carbons (Fsp3) is 0.533. The molecule has 0 aromatic heterocycles. The highest BCUT2D eigenvalue weighted by Gasteiger charge is 2.46. The van der Waals surface area contributed by atoms with Crippen LogP contribution in [-0.2, 0) is 4.79 Å². The number of aliphatic hydroxyl groups excluding tert-OH is 1. The van der Waals surface area contributed by atoms with Gasteiger partial charge in [0.2, 0.25) is 5.91 Å². The topological polar surface area (TPSA) is 49.3 Å². The molecule has 0 radical (unpaired) electrons. The van der Waals surface area contributed by atoms with E-state index in [2.05, 4.69) is 5.32 Å². The van der Waals surface area contributed by atoms with Gasteiger partial charge in [0.1, 0.15) is 5.82 Å². The molecule has 1 fully saturated rings. The number of carbonyl (C=O) groups excluding carboxylic acids is 1. The summed E-state index contributed by atoms with van der Waals surface area (Å²) in [6.07, 6.45) is 0.600. The number of aliphatic hydroxyl groups is 1. The molecule has 1 saturated carbocycles. The number of halogens is 2. The molecule has 0 saturated heterocycles. The molecule has 0 unspecified atom stereocenters. The zero-order chi connectivity index (χ0) is 14.9. The van der Waals surface area contributed by atoms with Gasteiger partial charge < -0.3 is 10.4 Å². The molecule has 5 heteroatoms. The Morgan fingerprint density at radius 3 is 2.80 bits per heavy atom. The van der Waals surface area contributed by atoms with E-state index in [1.807, 2.05) is 13.8 Å². The Morgan fingerprint density at radius 1 is 1.55 bits per heavy atom. The van der Waals surface area contributed by atoms with Crippen LogP contribution in [0.5, 0.6) is 0 Å². The van der Waals surface area contributed by atoms with Crippen LogP contribution in [0, 0.1) is 17.7 Å². The van der Waals surface area contributed by atoms with Crippen molar-refractivity contribution in [2.75, 3.05) is 6.61 Å². The lowest BCUT2D eigenvalue weighted by Gasteiger charge is -2.20. The molecular formula is C15H19ClFNO2. The zero-order valence-electron chi connectivity index (χ0n) is 11.6. The smallest absolute Gasteiger partial charge is 0.224 e. The maximum Gasteiger partial charge on any atom is 0.224 e. The van der Waals surface area contributed by atoms with Gasteiger partial charge in [-0.2, -0.15) is 0 Å². The molecule has 1 aromatic carbocycles. The predicted molar refractivity (Wildman–Crippen MR) is 76.1 cm³/mol. The van der Waals surface area contributed by atoms with E-state index in [1.165, 1.54) is 6.07 Å². The van der Waals surface area contributed by atoms with Crippen molar-refractivity contribution in [2.24, 2.45) is 11.8 Å². The first-order valence-electron chi connectivity index (χ1n) is 6.80. The highest BCUT2D eigenvalue weighted by Crippen LogP contribution is 2.50. The Morgan fingerprint density at radius 2 is 2.25 bits per heavy atom.